The number of amides is 1. The highest BCUT2D eigenvalue weighted by Gasteiger charge is 2.27. The molecule has 40 heavy (non-hydrogen) atoms. The molecular weight excluding hydrogens is 510 g/mol. The molecule has 1 aliphatic rings. The third-order valence-corrected chi connectivity index (χ3v) is 6.81. The van der Waals surface area contributed by atoms with Crippen molar-refractivity contribution in [3.63, 3.8) is 0 Å². The maximum Gasteiger partial charge on any atom is 0.335 e. The molecule has 1 aliphatic carbocycles. The Hall–Kier alpha value is -5.52. The summed E-state index contributed by atoms with van der Waals surface area (Å²) in [7, 11) is 0. The summed E-state index contributed by atoms with van der Waals surface area (Å²) in [6, 6.07) is 13.7. The topological polar surface area (TPSA) is 164 Å². The van der Waals surface area contributed by atoms with E-state index in [1.54, 1.807) is 0 Å². The maximum absolute atomic E-state index is 13.4. The number of aromatic nitrogens is 8. The number of fused-ring (bicyclic) bond motifs is 2. The Morgan fingerprint density at radius 2 is 1.80 bits per heavy atom. The molecule has 0 spiro atoms. The number of aromatic amines is 2. The second-order valence-electron chi connectivity index (χ2n) is 9.36. The Labute approximate surface area is 226 Å². The SMILES string of the molecule is CCc1ccc2c(c1)C=Cc1cc(C)ccc1C2c1cn(-c2nccc(C(=O)Nc3nn[nH]n3)n2)c(=O)[nH]c1=O. The van der Waals surface area contributed by atoms with Crippen LogP contribution in [-0.4, -0.2) is 46.1 Å². The van der Waals surface area contributed by atoms with E-state index >= 15 is 0 Å². The van der Waals surface area contributed by atoms with Gasteiger partial charge in [-0.2, -0.15) is 5.21 Å². The first-order valence-corrected chi connectivity index (χ1v) is 12.6. The van der Waals surface area contributed by atoms with Crippen molar-refractivity contribution in [2.45, 2.75) is 26.2 Å². The number of carbonyl (C=O) groups excluding carboxylic acids is 1. The quantitative estimate of drug-likeness (QED) is 0.304. The minimum atomic E-state index is -0.734. The molecule has 0 saturated heterocycles. The summed E-state index contributed by atoms with van der Waals surface area (Å²) in [6.45, 7) is 4.11. The Kier molecular flexibility index (Phi) is 6.19. The van der Waals surface area contributed by atoms with Crippen molar-refractivity contribution in [1.82, 2.24) is 40.1 Å². The normalized spacial score (nSPS) is 13.8. The van der Waals surface area contributed by atoms with Crippen molar-refractivity contribution >= 4 is 24.0 Å². The van der Waals surface area contributed by atoms with Gasteiger partial charge in [0.15, 0.2) is 0 Å². The summed E-state index contributed by atoms with van der Waals surface area (Å²) in [6.07, 6.45) is 7.79. The maximum atomic E-state index is 13.4. The van der Waals surface area contributed by atoms with Crippen LogP contribution >= 0.6 is 0 Å². The van der Waals surface area contributed by atoms with Crippen molar-refractivity contribution in [2.24, 2.45) is 0 Å². The van der Waals surface area contributed by atoms with Crippen LogP contribution in [0.25, 0.3) is 18.1 Å². The summed E-state index contributed by atoms with van der Waals surface area (Å²) in [5.74, 6) is -1.22. The monoisotopic (exact) mass is 533 g/mol. The van der Waals surface area contributed by atoms with Crippen LogP contribution in [0.5, 0.6) is 0 Å². The minimum Gasteiger partial charge on any atom is -0.286 e. The average molecular weight is 534 g/mol. The lowest BCUT2D eigenvalue weighted by Gasteiger charge is -2.21. The van der Waals surface area contributed by atoms with Gasteiger partial charge in [-0.05, 0) is 52.4 Å². The lowest BCUT2D eigenvalue weighted by Crippen LogP contribution is -2.33. The largest absolute Gasteiger partial charge is 0.335 e. The summed E-state index contributed by atoms with van der Waals surface area (Å²) in [5, 5.41) is 15.5. The van der Waals surface area contributed by atoms with Gasteiger partial charge in [-0.3, -0.25) is 19.9 Å². The number of nitrogens with zero attached hydrogens (tertiary/aromatic N) is 6. The third-order valence-electron chi connectivity index (χ3n) is 6.81. The number of rotatable bonds is 5. The first-order chi connectivity index (χ1) is 19.4. The zero-order valence-corrected chi connectivity index (χ0v) is 21.5. The number of benzene rings is 2. The van der Waals surface area contributed by atoms with E-state index in [9.17, 15) is 14.4 Å². The van der Waals surface area contributed by atoms with Gasteiger partial charge in [-0.25, -0.2) is 19.3 Å². The molecular formula is C28H23N9O3. The molecule has 6 rings (SSSR count). The molecule has 12 heteroatoms. The van der Waals surface area contributed by atoms with Crippen LogP contribution in [0.4, 0.5) is 5.95 Å². The van der Waals surface area contributed by atoms with E-state index in [0.717, 1.165) is 38.8 Å². The van der Waals surface area contributed by atoms with Crippen LogP contribution in [0.3, 0.4) is 0 Å². The predicted molar refractivity (Wildman–Crippen MR) is 147 cm³/mol. The van der Waals surface area contributed by atoms with Crippen molar-refractivity contribution in [2.75, 3.05) is 5.32 Å². The molecule has 3 N–H and O–H groups in total. The van der Waals surface area contributed by atoms with Gasteiger partial charge in [0.2, 0.25) is 5.95 Å². The lowest BCUT2D eigenvalue weighted by molar-refractivity contribution is 0.102. The lowest BCUT2D eigenvalue weighted by atomic mass is 9.82. The zero-order chi connectivity index (χ0) is 27.8. The number of hydrogen-bond donors (Lipinski definition) is 3. The average Bonchev–Trinajstić information content (AvgIpc) is 3.41. The van der Waals surface area contributed by atoms with E-state index in [-0.39, 0.29) is 17.6 Å². The molecule has 0 bridgehead atoms. The molecule has 1 unspecified atom stereocenters. The van der Waals surface area contributed by atoms with Gasteiger partial charge in [0, 0.05) is 23.9 Å². The Bertz CT molecular complexity index is 1910. The van der Waals surface area contributed by atoms with Gasteiger partial charge in [-0.15, -0.1) is 5.10 Å². The van der Waals surface area contributed by atoms with Crippen LogP contribution in [0.1, 0.15) is 62.3 Å². The standard InChI is InChI=1S/C28H23N9O3/c1-3-16-5-9-20-18(13-16)7-6-17-12-15(2)4-8-19(17)23(20)21-14-37(28(40)32-24(21)38)27-29-11-10-22(30-27)25(39)31-26-33-35-36-34-26/h4-14,23H,3H2,1-2H3,(H,32,38,40)(H2,31,33,34,35,36,39). The summed E-state index contributed by atoms with van der Waals surface area (Å²) in [5.41, 5.74) is 5.14. The molecule has 198 valence electrons. The van der Waals surface area contributed by atoms with E-state index < -0.39 is 23.1 Å². The molecule has 3 aromatic heterocycles. The molecule has 12 nitrogen and oxygen atoms in total. The number of H-pyrrole nitrogens is 2. The van der Waals surface area contributed by atoms with Gasteiger partial charge in [-0.1, -0.05) is 66.1 Å². The molecule has 0 aliphatic heterocycles. The number of aryl methyl sites for hydroxylation is 2. The van der Waals surface area contributed by atoms with E-state index in [1.165, 1.54) is 24.0 Å². The molecule has 2 aromatic carbocycles. The van der Waals surface area contributed by atoms with Gasteiger partial charge >= 0.3 is 5.69 Å². The van der Waals surface area contributed by atoms with Crippen LogP contribution in [-0.2, 0) is 6.42 Å². The molecule has 1 amide bonds. The smallest absolute Gasteiger partial charge is 0.286 e. The van der Waals surface area contributed by atoms with E-state index in [2.05, 4.69) is 78.2 Å². The van der Waals surface area contributed by atoms with Crippen molar-refractivity contribution < 1.29 is 4.79 Å². The van der Waals surface area contributed by atoms with Crippen LogP contribution in [0.2, 0.25) is 0 Å². The minimum absolute atomic E-state index is 0.0329. The van der Waals surface area contributed by atoms with E-state index in [0.29, 0.717) is 5.56 Å². The Morgan fingerprint density at radius 1 is 1.02 bits per heavy atom. The number of nitrogens with one attached hydrogen (secondary N) is 3. The molecule has 0 fully saturated rings. The Morgan fingerprint density at radius 3 is 2.55 bits per heavy atom. The summed E-state index contributed by atoms with van der Waals surface area (Å²) >= 11 is 0. The number of anilines is 1. The fourth-order valence-electron chi connectivity index (χ4n) is 4.85. The molecule has 1 atom stereocenters. The number of tetrazole rings is 1. The first-order valence-electron chi connectivity index (χ1n) is 12.6. The van der Waals surface area contributed by atoms with Gasteiger partial charge < -0.3 is 0 Å². The van der Waals surface area contributed by atoms with E-state index in [1.807, 2.05) is 25.1 Å². The molecule has 3 heterocycles. The van der Waals surface area contributed by atoms with Crippen molar-refractivity contribution in [3.8, 4) is 5.95 Å². The molecule has 5 aromatic rings. The highest BCUT2D eigenvalue weighted by molar-refractivity contribution is 6.01. The second kappa shape index (κ2) is 9.98. The van der Waals surface area contributed by atoms with Crippen LogP contribution < -0.4 is 16.6 Å². The highest BCUT2D eigenvalue weighted by Crippen LogP contribution is 2.38. The third kappa shape index (κ3) is 4.51. The fraction of sp³-hybridized carbons (Fsp3) is 0.143. The van der Waals surface area contributed by atoms with Crippen LogP contribution in [0.15, 0.2) is 64.4 Å². The zero-order valence-electron chi connectivity index (χ0n) is 21.5. The Balaban J connectivity index is 1.50. The van der Waals surface area contributed by atoms with Crippen molar-refractivity contribution in [1.29, 1.82) is 0 Å². The summed E-state index contributed by atoms with van der Waals surface area (Å²) < 4.78 is 1.13. The van der Waals surface area contributed by atoms with E-state index in [4.69, 9.17) is 0 Å². The molecule has 0 saturated carbocycles. The van der Waals surface area contributed by atoms with Crippen LogP contribution in [0, 0.1) is 6.92 Å². The summed E-state index contributed by atoms with van der Waals surface area (Å²) in [4.78, 5) is 49.9. The fourth-order valence-corrected chi connectivity index (χ4v) is 4.85. The molecule has 0 radical (unpaired) electrons. The first kappa shape index (κ1) is 24.8. The van der Waals surface area contributed by atoms with Gasteiger partial charge in [0.25, 0.3) is 17.4 Å². The van der Waals surface area contributed by atoms with Crippen molar-refractivity contribution in [3.05, 3.63) is 120 Å². The number of carbonyl (C=O) groups is 1. The number of hydrogen-bond acceptors (Lipinski definition) is 8. The van der Waals surface area contributed by atoms with Gasteiger partial charge in [0.05, 0.1) is 0 Å². The highest BCUT2D eigenvalue weighted by atomic mass is 16.2. The second-order valence-corrected chi connectivity index (χ2v) is 9.36. The van der Waals surface area contributed by atoms with Gasteiger partial charge in [0.1, 0.15) is 5.69 Å². The predicted octanol–water partition coefficient (Wildman–Crippen LogP) is 2.62.